The summed E-state index contributed by atoms with van der Waals surface area (Å²) in [6.07, 6.45) is 0.945. The number of rotatable bonds is 3. The van der Waals surface area contributed by atoms with E-state index >= 15 is 0 Å². The van der Waals surface area contributed by atoms with Crippen LogP contribution in [0, 0.1) is 0 Å². The average Bonchev–Trinajstić information content (AvgIpc) is 2.71. The van der Waals surface area contributed by atoms with Crippen LogP contribution in [0.2, 0.25) is 0 Å². The van der Waals surface area contributed by atoms with Crippen LogP contribution in [0.3, 0.4) is 0 Å². The smallest absolute Gasteiger partial charge is 0.347 e. The number of nitrogens with zero attached hydrogens (tertiary/aromatic N) is 2. The summed E-state index contributed by atoms with van der Waals surface area (Å²) in [5.41, 5.74) is 0.675. The van der Waals surface area contributed by atoms with E-state index in [-0.39, 0.29) is 12.2 Å². The maximum absolute atomic E-state index is 11.1. The summed E-state index contributed by atoms with van der Waals surface area (Å²) in [5, 5.41) is 9.94. The molecular weight excluding hydrogens is 252 g/mol. The zero-order chi connectivity index (χ0) is 13.3. The van der Waals surface area contributed by atoms with Crippen LogP contribution in [0.5, 0.6) is 0 Å². The molecule has 0 aliphatic carbocycles. The fourth-order valence-corrected chi connectivity index (χ4v) is 3.23. The number of anilines is 1. The van der Waals surface area contributed by atoms with Gasteiger partial charge in [0.15, 0.2) is 5.13 Å². The van der Waals surface area contributed by atoms with Crippen molar-refractivity contribution in [3.05, 3.63) is 10.6 Å². The molecule has 2 heterocycles. The minimum Gasteiger partial charge on any atom is -0.477 e. The molecule has 1 aromatic heterocycles. The number of aromatic carboxylic acids is 1. The van der Waals surface area contributed by atoms with Crippen LogP contribution in [0.15, 0.2) is 0 Å². The number of aryl methyl sites for hydroxylation is 1. The van der Waals surface area contributed by atoms with Gasteiger partial charge in [-0.25, -0.2) is 9.78 Å². The van der Waals surface area contributed by atoms with E-state index in [9.17, 15) is 4.79 Å². The number of morpholine rings is 1. The first-order valence-electron chi connectivity index (χ1n) is 6.14. The summed E-state index contributed by atoms with van der Waals surface area (Å²) in [5.74, 6) is -0.884. The highest BCUT2D eigenvalue weighted by Gasteiger charge is 2.26. The first kappa shape index (κ1) is 13.3. The van der Waals surface area contributed by atoms with Crippen molar-refractivity contribution in [2.24, 2.45) is 0 Å². The van der Waals surface area contributed by atoms with Crippen LogP contribution >= 0.6 is 11.3 Å². The molecule has 0 aromatic carbocycles. The Morgan fingerprint density at radius 1 is 1.50 bits per heavy atom. The van der Waals surface area contributed by atoms with Gasteiger partial charge in [-0.15, -0.1) is 0 Å². The zero-order valence-electron chi connectivity index (χ0n) is 10.8. The molecule has 18 heavy (non-hydrogen) atoms. The molecule has 2 unspecified atom stereocenters. The van der Waals surface area contributed by atoms with Gasteiger partial charge in [0.2, 0.25) is 0 Å². The summed E-state index contributed by atoms with van der Waals surface area (Å²) in [6.45, 7) is 7.50. The molecule has 100 valence electrons. The quantitative estimate of drug-likeness (QED) is 0.910. The molecule has 0 bridgehead atoms. The molecule has 2 atom stereocenters. The van der Waals surface area contributed by atoms with Gasteiger partial charge in [-0.3, -0.25) is 0 Å². The summed E-state index contributed by atoms with van der Waals surface area (Å²) in [4.78, 5) is 18.1. The van der Waals surface area contributed by atoms with E-state index in [4.69, 9.17) is 9.84 Å². The molecule has 1 N–H and O–H groups in total. The highest BCUT2D eigenvalue weighted by molar-refractivity contribution is 7.17. The lowest BCUT2D eigenvalue weighted by Gasteiger charge is -2.35. The summed E-state index contributed by atoms with van der Waals surface area (Å²) in [7, 11) is 0. The molecule has 1 fully saturated rings. The molecule has 1 aliphatic heterocycles. The van der Waals surface area contributed by atoms with E-state index in [0.29, 0.717) is 17.0 Å². The number of carbonyl (C=O) groups is 1. The lowest BCUT2D eigenvalue weighted by atomic mass is 10.2. The number of hydrogen-bond donors (Lipinski definition) is 1. The fraction of sp³-hybridized carbons (Fsp3) is 0.667. The predicted molar refractivity (Wildman–Crippen MR) is 70.7 cm³/mol. The molecule has 1 aromatic rings. The number of aromatic nitrogens is 1. The van der Waals surface area contributed by atoms with E-state index in [1.165, 1.54) is 11.3 Å². The van der Waals surface area contributed by atoms with Crippen molar-refractivity contribution in [1.29, 1.82) is 0 Å². The number of hydrogen-bond acceptors (Lipinski definition) is 5. The van der Waals surface area contributed by atoms with Crippen molar-refractivity contribution in [2.45, 2.75) is 39.4 Å². The SMILES string of the molecule is CCc1nc(N2CC(C)OC(C)C2)sc1C(=O)O. The van der Waals surface area contributed by atoms with Gasteiger partial charge in [0, 0.05) is 13.1 Å². The lowest BCUT2D eigenvalue weighted by molar-refractivity contribution is -0.00523. The van der Waals surface area contributed by atoms with Gasteiger partial charge < -0.3 is 14.7 Å². The van der Waals surface area contributed by atoms with Crippen molar-refractivity contribution in [2.75, 3.05) is 18.0 Å². The van der Waals surface area contributed by atoms with Crippen LogP contribution < -0.4 is 4.90 Å². The van der Waals surface area contributed by atoms with Crippen LogP contribution in [0.25, 0.3) is 0 Å². The van der Waals surface area contributed by atoms with E-state index in [1.807, 2.05) is 20.8 Å². The van der Waals surface area contributed by atoms with Crippen LogP contribution in [-0.2, 0) is 11.2 Å². The number of carboxylic acid groups (broad SMARTS) is 1. The molecule has 0 amide bonds. The Kier molecular flexibility index (Phi) is 3.87. The molecule has 0 radical (unpaired) electrons. The average molecular weight is 270 g/mol. The second-order valence-electron chi connectivity index (χ2n) is 4.59. The largest absolute Gasteiger partial charge is 0.477 e. The number of carboxylic acids is 1. The fourth-order valence-electron chi connectivity index (χ4n) is 2.22. The third kappa shape index (κ3) is 2.64. The maximum Gasteiger partial charge on any atom is 0.347 e. The van der Waals surface area contributed by atoms with Crippen molar-refractivity contribution in [3.63, 3.8) is 0 Å². The first-order chi connectivity index (χ1) is 8.51. The molecular formula is C12H18N2O3S. The van der Waals surface area contributed by atoms with Gasteiger partial charge in [0.25, 0.3) is 0 Å². The standard InChI is InChI=1S/C12H18N2O3S/c1-4-9-10(11(15)16)18-12(13-9)14-5-7(2)17-8(3)6-14/h7-8H,4-6H2,1-3H3,(H,15,16). The Bertz CT molecular complexity index is 437. The Balaban J connectivity index is 2.25. The Labute approximate surface area is 110 Å². The molecule has 0 spiro atoms. The second-order valence-corrected chi connectivity index (χ2v) is 5.57. The number of thiazole rings is 1. The third-order valence-electron chi connectivity index (χ3n) is 2.91. The Hall–Kier alpha value is -1.14. The maximum atomic E-state index is 11.1. The van der Waals surface area contributed by atoms with Crippen molar-refractivity contribution < 1.29 is 14.6 Å². The number of ether oxygens (including phenoxy) is 1. The highest BCUT2D eigenvalue weighted by atomic mass is 32.1. The summed E-state index contributed by atoms with van der Waals surface area (Å²) in [6, 6.07) is 0. The molecule has 0 saturated carbocycles. The topological polar surface area (TPSA) is 62.7 Å². The zero-order valence-corrected chi connectivity index (χ0v) is 11.7. The Morgan fingerprint density at radius 2 is 2.11 bits per heavy atom. The molecule has 5 nitrogen and oxygen atoms in total. The van der Waals surface area contributed by atoms with E-state index < -0.39 is 5.97 Å². The van der Waals surface area contributed by atoms with Crippen LogP contribution in [0.1, 0.15) is 36.1 Å². The van der Waals surface area contributed by atoms with Gasteiger partial charge in [-0.1, -0.05) is 18.3 Å². The predicted octanol–water partition coefficient (Wildman–Crippen LogP) is 2.02. The van der Waals surface area contributed by atoms with Crippen LogP contribution in [-0.4, -0.2) is 41.4 Å². The normalized spacial score (nSPS) is 24.3. The Morgan fingerprint density at radius 3 is 2.56 bits per heavy atom. The van der Waals surface area contributed by atoms with E-state index in [2.05, 4.69) is 9.88 Å². The van der Waals surface area contributed by atoms with Gasteiger partial charge in [-0.2, -0.15) is 0 Å². The molecule has 2 rings (SSSR count). The monoisotopic (exact) mass is 270 g/mol. The van der Waals surface area contributed by atoms with Crippen molar-refractivity contribution in [3.8, 4) is 0 Å². The van der Waals surface area contributed by atoms with Gasteiger partial charge in [0.1, 0.15) is 4.88 Å². The van der Waals surface area contributed by atoms with Gasteiger partial charge in [0.05, 0.1) is 17.9 Å². The van der Waals surface area contributed by atoms with Gasteiger partial charge >= 0.3 is 5.97 Å². The molecule has 6 heteroatoms. The van der Waals surface area contributed by atoms with Crippen molar-refractivity contribution in [1.82, 2.24) is 4.98 Å². The lowest BCUT2D eigenvalue weighted by Crippen LogP contribution is -2.45. The highest BCUT2D eigenvalue weighted by Crippen LogP contribution is 2.29. The van der Waals surface area contributed by atoms with Crippen LogP contribution in [0.4, 0.5) is 5.13 Å². The second kappa shape index (κ2) is 5.24. The first-order valence-corrected chi connectivity index (χ1v) is 6.96. The summed E-state index contributed by atoms with van der Waals surface area (Å²) >= 11 is 1.26. The minimum atomic E-state index is -0.884. The van der Waals surface area contributed by atoms with E-state index in [1.54, 1.807) is 0 Å². The summed E-state index contributed by atoms with van der Waals surface area (Å²) < 4.78 is 5.67. The molecule has 1 saturated heterocycles. The minimum absolute atomic E-state index is 0.149. The molecule has 1 aliphatic rings. The third-order valence-corrected chi connectivity index (χ3v) is 4.05. The van der Waals surface area contributed by atoms with Gasteiger partial charge in [-0.05, 0) is 20.3 Å². The van der Waals surface area contributed by atoms with E-state index in [0.717, 1.165) is 18.2 Å². The van der Waals surface area contributed by atoms with Crippen molar-refractivity contribution >= 4 is 22.4 Å².